The molecule has 0 amide bonds. The Labute approximate surface area is 162 Å². The van der Waals surface area contributed by atoms with Crippen molar-refractivity contribution in [3.05, 3.63) is 93.5 Å². The van der Waals surface area contributed by atoms with Gasteiger partial charge in [-0.05, 0) is 29.2 Å². The number of nitriles is 1. The molecule has 27 heavy (non-hydrogen) atoms. The number of carbonyl (C=O) groups is 1. The van der Waals surface area contributed by atoms with Crippen LogP contribution in [0.5, 0.6) is 0 Å². The first-order valence-corrected chi connectivity index (χ1v) is 9.10. The molecule has 134 valence electrons. The average Bonchev–Trinajstić information content (AvgIpc) is 2.68. The molecule has 1 aliphatic heterocycles. The van der Waals surface area contributed by atoms with Gasteiger partial charge in [0.05, 0.1) is 5.92 Å². The summed E-state index contributed by atoms with van der Waals surface area (Å²) < 4.78 is 5.76. The summed E-state index contributed by atoms with van der Waals surface area (Å²) in [6.45, 7) is 0. The molecule has 4 rings (SSSR count). The lowest BCUT2D eigenvalue weighted by Crippen LogP contribution is -2.29. The second-order valence-electron chi connectivity index (χ2n) is 6.75. The summed E-state index contributed by atoms with van der Waals surface area (Å²) in [5.74, 6) is 0.152. The van der Waals surface area contributed by atoms with Crippen molar-refractivity contribution in [2.24, 2.45) is 5.73 Å². The molecule has 2 atom stereocenters. The van der Waals surface area contributed by atoms with E-state index in [-0.39, 0.29) is 23.2 Å². The van der Waals surface area contributed by atoms with E-state index in [1.165, 1.54) is 0 Å². The lowest BCUT2D eigenvalue weighted by molar-refractivity contribution is -0.117. The zero-order valence-corrected chi connectivity index (χ0v) is 15.2. The van der Waals surface area contributed by atoms with Gasteiger partial charge in [0.2, 0.25) is 5.88 Å². The summed E-state index contributed by atoms with van der Waals surface area (Å²) in [6.07, 6.45) is 0.962. The maximum Gasteiger partial charge on any atom is 0.205 e. The number of ketones is 1. The second-order valence-corrected chi connectivity index (χ2v) is 7.19. The van der Waals surface area contributed by atoms with Gasteiger partial charge in [-0.3, -0.25) is 4.79 Å². The highest BCUT2D eigenvalue weighted by Gasteiger charge is 2.40. The maximum absolute atomic E-state index is 13.1. The quantitative estimate of drug-likeness (QED) is 0.834. The molecule has 2 aromatic carbocycles. The topological polar surface area (TPSA) is 76.1 Å². The van der Waals surface area contributed by atoms with Crippen LogP contribution in [0.2, 0.25) is 5.02 Å². The molecular weight excluding hydrogens is 360 g/mol. The van der Waals surface area contributed by atoms with Crippen LogP contribution in [0.25, 0.3) is 0 Å². The maximum atomic E-state index is 13.1. The number of benzene rings is 2. The van der Waals surface area contributed by atoms with Crippen molar-refractivity contribution in [1.82, 2.24) is 0 Å². The zero-order valence-electron chi connectivity index (χ0n) is 14.5. The van der Waals surface area contributed by atoms with E-state index in [4.69, 9.17) is 22.1 Å². The smallest absolute Gasteiger partial charge is 0.205 e. The average molecular weight is 377 g/mol. The minimum absolute atomic E-state index is 0.00898. The fourth-order valence-corrected chi connectivity index (χ4v) is 3.98. The van der Waals surface area contributed by atoms with Gasteiger partial charge in [-0.1, -0.05) is 54.1 Å². The number of Topliss-reactive ketones (excluding diaryl/α,β-unsaturated/α-hetero) is 1. The molecule has 0 fully saturated rings. The number of hydrogen-bond donors (Lipinski definition) is 1. The largest absolute Gasteiger partial charge is 0.444 e. The molecule has 0 aromatic heterocycles. The van der Waals surface area contributed by atoms with Crippen molar-refractivity contribution in [3.8, 4) is 6.07 Å². The van der Waals surface area contributed by atoms with Crippen LogP contribution in [0.15, 0.2) is 77.4 Å². The predicted molar refractivity (Wildman–Crippen MR) is 103 cm³/mol. The van der Waals surface area contributed by atoms with E-state index in [0.717, 1.165) is 11.1 Å². The SMILES string of the molecule is N#CC1=C(N)OC2=C(C(=O)C[C@@H](c3ccccc3)C2)[C@H]1c1ccc(Cl)cc1. The monoisotopic (exact) mass is 376 g/mol. The van der Waals surface area contributed by atoms with Gasteiger partial charge in [-0.25, -0.2) is 0 Å². The zero-order chi connectivity index (χ0) is 19.0. The Hall–Kier alpha value is -3.03. The molecule has 0 spiro atoms. The van der Waals surface area contributed by atoms with Crippen LogP contribution in [0.3, 0.4) is 0 Å². The first-order chi connectivity index (χ1) is 13.1. The van der Waals surface area contributed by atoms with Crippen LogP contribution >= 0.6 is 11.6 Å². The van der Waals surface area contributed by atoms with E-state index >= 15 is 0 Å². The van der Waals surface area contributed by atoms with Crippen LogP contribution in [0.4, 0.5) is 0 Å². The lowest BCUT2D eigenvalue weighted by Gasteiger charge is -2.34. The molecular formula is C22H17ClN2O2. The van der Waals surface area contributed by atoms with Crippen LogP contribution in [0.1, 0.15) is 35.8 Å². The predicted octanol–water partition coefficient (Wildman–Crippen LogP) is 4.55. The van der Waals surface area contributed by atoms with Crippen molar-refractivity contribution >= 4 is 17.4 Å². The first kappa shape index (κ1) is 17.4. The van der Waals surface area contributed by atoms with Gasteiger partial charge in [0.1, 0.15) is 17.4 Å². The van der Waals surface area contributed by atoms with Crippen LogP contribution < -0.4 is 5.73 Å². The van der Waals surface area contributed by atoms with Crippen LogP contribution in [0, 0.1) is 11.3 Å². The highest BCUT2D eigenvalue weighted by Crippen LogP contribution is 2.46. The summed E-state index contributed by atoms with van der Waals surface area (Å²) >= 11 is 6.00. The Morgan fingerprint density at radius 1 is 1.04 bits per heavy atom. The van der Waals surface area contributed by atoms with Gasteiger partial charge in [0.25, 0.3) is 0 Å². The van der Waals surface area contributed by atoms with Crippen molar-refractivity contribution in [2.45, 2.75) is 24.7 Å². The summed E-state index contributed by atoms with van der Waals surface area (Å²) in [5.41, 5.74) is 8.75. The fourth-order valence-electron chi connectivity index (χ4n) is 3.86. The molecule has 0 bridgehead atoms. The Bertz CT molecular complexity index is 1000. The molecule has 2 aromatic rings. The Balaban J connectivity index is 1.79. The molecule has 1 aliphatic carbocycles. The van der Waals surface area contributed by atoms with Gasteiger partial charge in [0, 0.05) is 23.4 Å². The second kappa shape index (κ2) is 6.94. The molecule has 4 nitrogen and oxygen atoms in total. The third kappa shape index (κ3) is 3.11. The first-order valence-electron chi connectivity index (χ1n) is 8.72. The minimum Gasteiger partial charge on any atom is -0.444 e. The van der Waals surface area contributed by atoms with Crippen molar-refractivity contribution in [1.29, 1.82) is 5.26 Å². The van der Waals surface area contributed by atoms with E-state index in [2.05, 4.69) is 6.07 Å². The summed E-state index contributed by atoms with van der Waals surface area (Å²) in [7, 11) is 0. The van der Waals surface area contributed by atoms with E-state index in [1.807, 2.05) is 42.5 Å². The Morgan fingerprint density at radius 2 is 1.74 bits per heavy atom. The van der Waals surface area contributed by atoms with E-state index in [0.29, 0.717) is 29.2 Å². The standard InChI is InChI=1S/C22H17ClN2O2/c23-16-8-6-14(7-9-16)20-17(12-24)22(25)27-19-11-15(10-18(26)21(19)20)13-4-2-1-3-5-13/h1-9,15,20H,10-11,25H2/t15-,20+/m1/s1. The van der Waals surface area contributed by atoms with Crippen LogP contribution in [-0.2, 0) is 9.53 Å². The van der Waals surface area contributed by atoms with Gasteiger partial charge in [-0.2, -0.15) is 5.26 Å². The number of ether oxygens (including phenoxy) is 1. The van der Waals surface area contributed by atoms with Crippen LogP contribution in [-0.4, -0.2) is 5.78 Å². The number of halogens is 1. The molecule has 0 saturated heterocycles. The summed E-state index contributed by atoms with van der Waals surface area (Å²) in [5, 5.41) is 10.2. The van der Waals surface area contributed by atoms with Gasteiger partial charge >= 0.3 is 0 Å². The Morgan fingerprint density at radius 3 is 2.41 bits per heavy atom. The highest BCUT2D eigenvalue weighted by atomic mass is 35.5. The van der Waals surface area contributed by atoms with Gasteiger partial charge in [0.15, 0.2) is 5.78 Å². The van der Waals surface area contributed by atoms with Crippen molar-refractivity contribution < 1.29 is 9.53 Å². The summed E-state index contributed by atoms with van der Waals surface area (Å²) in [6, 6.07) is 19.2. The highest BCUT2D eigenvalue weighted by molar-refractivity contribution is 6.30. The van der Waals surface area contributed by atoms with E-state index < -0.39 is 5.92 Å². The Kier molecular flexibility index (Phi) is 4.47. The van der Waals surface area contributed by atoms with E-state index in [9.17, 15) is 10.1 Å². The minimum atomic E-state index is -0.514. The van der Waals surface area contributed by atoms with Crippen molar-refractivity contribution in [3.63, 3.8) is 0 Å². The number of rotatable bonds is 2. The van der Waals surface area contributed by atoms with Crippen molar-refractivity contribution in [2.75, 3.05) is 0 Å². The third-order valence-corrected chi connectivity index (χ3v) is 5.39. The normalized spacial score (nSPS) is 22.1. The number of nitrogens with two attached hydrogens (primary N) is 1. The number of hydrogen-bond acceptors (Lipinski definition) is 4. The number of carbonyl (C=O) groups excluding carboxylic acids is 1. The number of nitrogens with zero attached hydrogens (tertiary/aromatic N) is 1. The molecule has 5 heteroatoms. The molecule has 1 heterocycles. The summed E-state index contributed by atoms with van der Waals surface area (Å²) in [4.78, 5) is 13.1. The molecule has 0 radical (unpaired) electrons. The molecule has 0 unspecified atom stereocenters. The third-order valence-electron chi connectivity index (χ3n) is 5.14. The number of allylic oxidation sites excluding steroid dienone is 3. The lowest BCUT2D eigenvalue weighted by atomic mass is 9.73. The molecule has 0 saturated carbocycles. The van der Waals surface area contributed by atoms with Gasteiger partial charge < -0.3 is 10.5 Å². The molecule has 2 aliphatic rings. The fraction of sp³-hybridized carbons (Fsp3) is 0.182. The van der Waals surface area contributed by atoms with E-state index in [1.54, 1.807) is 12.1 Å². The molecule has 2 N–H and O–H groups in total. The van der Waals surface area contributed by atoms with Gasteiger partial charge in [-0.15, -0.1) is 0 Å².